The second-order valence-electron chi connectivity index (χ2n) is 4.82. The van der Waals surface area contributed by atoms with Crippen LogP contribution in [0.3, 0.4) is 0 Å². The fourth-order valence-corrected chi connectivity index (χ4v) is 1.60. The van der Waals surface area contributed by atoms with Gasteiger partial charge in [0.15, 0.2) is 0 Å². The third-order valence-electron chi connectivity index (χ3n) is 2.93. The molecule has 1 rings (SSSR count). The molecule has 1 aliphatic rings. The van der Waals surface area contributed by atoms with Crippen LogP contribution in [0.5, 0.6) is 0 Å². The van der Waals surface area contributed by atoms with E-state index in [1.54, 1.807) is 0 Å². The molecule has 1 saturated carbocycles. The first kappa shape index (κ1) is 13.0. The van der Waals surface area contributed by atoms with Gasteiger partial charge in [0.25, 0.3) is 0 Å². The highest BCUT2D eigenvalue weighted by atomic mass is 16.4. The monoisotopic (exact) mass is 228 g/mol. The number of carboxylic acids is 1. The van der Waals surface area contributed by atoms with Crippen molar-refractivity contribution < 1.29 is 14.7 Å². The van der Waals surface area contributed by atoms with Crippen LogP contribution in [0.4, 0.5) is 0 Å². The van der Waals surface area contributed by atoms with Crippen molar-refractivity contribution in [2.45, 2.75) is 45.2 Å². The summed E-state index contributed by atoms with van der Waals surface area (Å²) in [7, 11) is 0. The van der Waals surface area contributed by atoms with Gasteiger partial charge in [-0.2, -0.15) is 0 Å². The Morgan fingerprint density at radius 2 is 2.00 bits per heavy atom. The fourth-order valence-electron chi connectivity index (χ4n) is 1.60. The molecule has 0 saturated heterocycles. The van der Waals surface area contributed by atoms with Gasteiger partial charge in [0, 0.05) is 6.04 Å². The summed E-state index contributed by atoms with van der Waals surface area (Å²) in [6.07, 6.45) is 1.98. The summed E-state index contributed by atoms with van der Waals surface area (Å²) in [4.78, 5) is 22.3. The molecule has 0 spiro atoms. The Bertz CT molecular complexity index is 274. The van der Waals surface area contributed by atoms with Crippen LogP contribution < -0.4 is 11.1 Å². The van der Waals surface area contributed by atoms with Gasteiger partial charge in [0.2, 0.25) is 5.91 Å². The molecule has 92 valence electrons. The number of hydrogen-bond acceptors (Lipinski definition) is 3. The quantitative estimate of drug-likeness (QED) is 0.611. The number of amides is 1. The van der Waals surface area contributed by atoms with Gasteiger partial charge in [-0.05, 0) is 24.7 Å². The fraction of sp³-hybridized carbons (Fsp3) is 0.818. The second-order valence-corrected chi connectivity index (χ2v) is 4.82. The minimum Gasteiger partial charge on any atom is -0.481 e. The van der Waals surface area contributed by atoms with Crippen molar-refractivity contribution in [3.05, 3.63) is 0 Å². The predicted octanol–water partition coefficient (Wildman–Crippen LogP) is 0.339. The number of carbonyl (C=O) groups is 2. The predicted molar refractivity (Wildman–Crippen MR) is 59.7 cm³/mol. The molecule has 4 N–H and O–H groups in total. The van der Waals surface area contributed by atoms with Gasteiger partial charge in [-0.3, -0.25) is 9.59 Å². The summed E-state index contributed by atoms with van der Waals surface area (Å²) in [5.41, 5.74) is 5.70. The number of rotatable bonds is 6. The maximum atomic E-state index is 11.7. The number of aliphatic carboxylic acids is 1. The van der Waals surface area contributed by atoms with Crippen LogP contribution in [0.1, 0.15) is 33.1 Å². The van der Waals surface area contributed by atoms with Crippen LogP contribution in [0.25, 0.3) is 0 Å². The van der Waals surface area contributed by atoms with Crippen molar-refractivity contribution in [2.24, 2.45) is 17.6 Å². The minimum absolute atomic E-state index is 0.0127. The van der Waals surface area contributed by atoms with Crippen LogP contribution >= 0.6 is 0 Å². The zero-order valence-corrected chi connectivity index (χ0v) is 9.77. The van der Waals surface area contributed by atoms with E-state index in [-0.39, 0.29) is 24.3 Å². The van der Waals surface area contributed by atoms with Gasteiger partial charge in [-0.1, -0.05) is 13.8 Å². The van der Waals surface area contributed by atoms with Crippen LogP contribution in [-0.4, -0.2) is 29.1 Å². The molecule has 5 nitrogen and oxygen atoms in total. The lowest BCUT2D eigenvalue weighted by Crippen LogP contribution is -2.49. The zero-order valence-electron chi connectivity index (χ0n) is 9.77. The Balaban J connectivity index is 2.47. The molecular formula is C11H20N2O3. The van der Waals surface area contributed by atoms with Crippen LogP contribution in [0.2, 0.25) is 0 Å². The molecule has 0 radical (unpaired) electrons. The van der Waals surface area contributed by atoms with Gasteiger partial charge < -0.3 is 16.2 Å². The average Bonchev–Trinajstić information content (AvgIpc) is 2.97. The zero-order chi connectivity index (χ0) is 12.3. The van der Waals surface area contributed by atoms with Crippen LogP contribution in [-0.2, 0) is 9.59 Å². The van der Waals surface area contributed by atoms with Crippen molar-refractivity contribution in [1.82, 2.24) is 5.32 Å². The molecule has 0 bridgehead atoms. The molecule has 5 heteroatoms. The number of carbonyl (C=O) groups excluding carboxylic acids is 1. The van der Waals surface area contributed by atoms with E-state index in [9.17, 15) is 9.59 Å². The van der Waals surface area contributed by atoms with Crippen LogP contribution in [0.15, 0.2) is 0 Å². The van der Waals surface area contributed by atoms with E-state index in [1.165, 1.54) is 0 Å². The largest absolute Gasteiger partial charge is 0.481 e. The van der Waals surface area contributed by atoms with Gasteiger partial charge >= 0.3 is 5.97 Å². The molecule has 1 fully saturated rings. The minimum atomic E-state index is -0.879. The molecule has 0 aromatic rings. The lowest BCUT2D eigenvalue weighted by Gasteiger charge is -2.21. The van der Waals surface area contributed by atoms with E-state index in [0.717, 1.165) is 12.8 Å². The maximum absolute atomic E-state index is 11.7. The maximum Gasteiger partial charge on any atom is 0.305 e. The number of carboxylic acid groups (broad SMARTS) is 1. The summed E-state index contributed by atoms with van der Waals surface area (Å²) >= 11 is 0. The van der Waals surface area contributed by atoms with Gasteiger partial charge in [-0.15, -0.1) is 0 Å². The van der Waals surface area contributed by atoms with E-state index in [4.69, 9.17) is 10.8 Å². The lowest BCUT2D eigenvalue weighted by molar-refractivity contribution is -0.138. The third kappa shape index (κ3) is 3.81. The summed E-state index contributed by atoms with van der Waals surface area (Å²) in [5.74, 6) is -0.743. The Morgan fingerprint density at radius 3 is 2.38 bits per heavy atom. The third-order valence-corrected chi connectivity index (χ3v) is 2.93. The average molecular weight is 228 g/mol. The Morgan fingerprint density at radius 1 is 1.44 bits per heavy atom. The molecule has 1 amide bonds. The molecule has 2 atom stereocenters. The number of nitrogens with one attached hydrogen (secondary N) is 1. The van der Waals surface area contributed by atoms with E-state index < -0.39 is 12.0 Å². The highest BCUT2D eigenvalue weighted by Crippen LogP contribution is 2.34. The van der Waals surface area contributed by atoms with E-state index in [2.05, 4.69) is 5.32 Å². The molecule has 1 unspecified atom stereocenters. The van der Waals surface area contributed by atoms with Crippen molar-refractivity contribution in [2.75, 3.05) is 0 Å². The Kier molecular flexibility index (Phi) is 4.29. The van der Waals surface area contributed by atoms with Crippen molar-refractivity contribution in [1.29, 1.82) is 0 Å². The Labute approximate surface area is 95.4 Å². The number of hydrogen-bond donors (Lipinski definition) is 3. The molecule has 0 aliphatic heterocycles. The van der Waals surface area contributed by atoms with Crippen molar-refractivity contribution >= 4 is 11.9 Å². The highest BCUT2D eigenvalue weighted by molar-refractivity contribution is 5.82. The van der Waals surface area contributed by atoms with Crippen molar-refractivity contribution in [3.8, 4) is 0 Å². The molecule has 0 heterocycles. The Hall–Kier alpha value is -1.10. The normalized spacial score (nSPS) is 19.2. The molecule has 1 aliphatic carbocycles. The summed E-state index contributed by atoms with van der Waals surface area (Å²) < 4.78 is 0. The summed E-state index contributed by atoms with van der Waals surface area (Å²) in [5, 5.41) is 11.5. The van der Waals surface area contributed by atoms with Gasteiger partial charge in [0.1, 0.15) is 0 Å². The van der Waals surface area contributed by atoms with E-state index in [1.807, 2.05) is 13.8 Å². The first-order valence-corrected chi connectivity index (χ1v) is 5.69. The summed E-state index contributed by atoms with van der Waals surface area (Å²) in [6, 6.07) is -0.815. The van der Waals surface area contributed by atoms with Gasteiger partial charge in [-0.25, -0.2) is 0 Å². The molecule has 0 aromatic carbocycles. The van der Waals surface area contributed by atoms with E-state index >= 15 is 0 Å². The second kappa shape index (κ2) is 5.30. The SMILES string of the molecule is CC(C)[C@@H](N)C(=O)NC(CC(=O)O)C1CC1. The molecule has 16 heavy (non-hydrogen) atoms. The first-order valence-electron chi connectivity index (χ1n) is 5.69. The first-order chi connectivity index (χ1) is 7.41. The number of nitrogens with two attached hydrogens (primary N) is 1. The van der Waals surface area contributed by atoms with Gasteiger partial charge in [0.05, 0.1) is 12.5 Å². The van der Waals surface area contributed by atoms with Crippen LogP contribution in [0, 0.1) is 11.8 Å². The summed E-state index contributed by atoms with van der Waals surface area (Å²) in [6.45, 7) is 3.74. The standard InChI is InChI=1S/C11H20N2O3/c1-6(2)10(12)11(16)13-8(5-9(14)15)7-3-4-7/h6-8,10H,3-5,12H2,1-2H3,(H,13,16)(H,14,15)/t8?,10-/m1/s1. The topological polar surface area (TPSA) is 92.4 Å². The highest BCUT2D eigenvalue weighted by Gasteiger charge is 2.34. The van der Waals surface area contributed by atoms with Crippen molar-refractivity contribution in [3.63, 3.8) is 0 Å². The smallest absolute Gasteiger partial charge is 0.305 e. The molecular weight excluding hydrogens is 208 g/mol. The molecule has 0 aromatic heterocycles. The lowest BCUT2D eigenvalue weighted by atomic mass is 10.0. The van der Waals surface area contributed by atoms with E-state index in [0.29, 0.717) is 5.92 Å².